The highest BCUT2D eigenvalue weighted by molar-refractivity contribution is 5.86. The van der Waals surface area contributed by atoms with Crippen LogP contribution in [-0.4, -0.2) is 50.1 Å². The van der Waals surface area contributed by atoms with Crippen LogP contribution in [0.3, 0.4) is 0 Å². The molecule has 2 heterocycles. The number of rotatable bonds is 4. The summed E-state index contributed by atoms with van der Waals surface area (Å²) in [6, 6.07) is 14.9. The van der Waals surface area contributed by atoms with E-state index in [4.69, 9.17) is 0 Å². The molecule has 1 atom stereocenters. The summed E-state index contributed by atoms with van der Waals surface area (Å²) in [6.07, 6.45) is 4.26. The summed E-state index contributed by atoms with van der Waals surface area (Å²) < 4.78 is 0. The van der Waals surface area contributed by atoms with Crippen LogP contribution in [0.15, 0.2) is 42.5 Å². The van der Waals surface area contributed by atoms with Gasteiger partial charge in [-0.3, -0.25) is 9.69 Å². The minimum atomic E-state index is 0.0283. The Morgan fingerprint density at radius 3 is 2.81 bits per heavy atom. The number of nitrogens with zero attached hydrogens (tertiary/aromatic N) is 1. The van der Waals surface area contributed by atoms with E-state index in [1.54, 1.807) is 0 Å². The van der Waals surface area contributed by atoms with Gasteiger partial charge in [-0.2, -0.15) is 0 Å². The average molecular weight is 351 g/mol. The molecule has 2 N–H and O–H groups in total. The molecule has 0 saturated carbocycles. The van der Waals surface area contributed by atoms with Crippen LogP contribution in [0.25, 0.3) is 10.8 Å². The number of likely N-dealkylation sites (tertiary alicyclic amines) is 1. The largest absolute Gasteiger partial charge is 0.354 e. The van der Waals surface area contributed by atoms with Crippen molar-refractivity contribution in [3.05, 3.63) is 48.0 Å². The van der Waals surface area contributed by atoms with Gasteiger partial charge in [0, 0.05) is 13.1 Å². The van der Waals surface area contributed by atoms with Crippen molar-refractivity contribution < 1.29 is 4.79 Å². The predicted molar refractivity (Wildman–Crippen MR) is 106 cm³/mol. The molecule has 4 heteroatoms. The maximum absolute atomic E-state index is 12.8. The molecule has 2 fully saturated rings. The molecule has 2 saturated heterocycles. The van der Waals surface area contributed by atoms with Crippen molar-refractivity contribution >= 4 is 16.7 Å². The third-order valence-electron chi connectivity index (χ3n) is 6.28. The van der Waals surface area contributed by atoms with E-state index < -0.39 is 0 Å². The number of hydrogen-bond acceptors (Lipinski definition) is 3. The van der Waals surface area contributed by atoms with Crippen molar-refractivity contribution in [2.45, 2.75) is 31.7 Å². The standard InChI is InChI=1S/C22H29N3O/c1-25-16-22(10-13-23-14-11-22)15-20(25)21(26)24-12-9-18-7-4-6-17-5-2-3-8-19(17)18/h2-8,20,23H,9-16H2,1H3,(H,24,26)/t20-/m1/s1. The lowest BCUT2D eigenvalue weighted by molar-refractivity contribution is -0.125. The van der Waals surface area contributed by atoms with Crippen molar-refractivity contribution in [2.24, 2.45) is 5.41 Å². The number of benzene rings is 2. The van der Waals surface area contributed by atoms with Crippen LogP contribution in [0, 0.1) is 5.41 Å². The highest BCUT2D eigenvalue weighted by atomic mass is 16.2. The zero-order valence-electron chi connectivity index (χ0n) is 15.6. The van der Waals surface area contributed by atoms with Crippen LogP contribution in [0.4, 0.5) is 0 Å². The maximum atomic E-state index is 12.8. The van der Waals surface area contributed by atoms with Crippen molar-refractivity contribution in [3.8, 4) is 0 Å². The van der Waals surface area contributed by atoms with Crippen LogP contribution in [0.1, 0.15) is 24.8 Å². The lowest BCUT2D eigenvalue weighted by atomic mass is 9.77. The number of carbonyl (C=O) groups is 1. The summed E-state index contributed by atoms with van der Waals surface area (Å²) in [4.78, 5) is 15.0. The Morgan fingerprint density at radius 2 is 1.96 bits per heavy atom. The summed E-state index contributed by atoms with van der Waals surface area (Å²) in [6.45, 7) is 3.92. The molecule has 2 aromatic carbocycles. The summed E-state index contributed by atoms with van der Waals surface area (Å²) in [7, 11) is 2.10. The Balaban J connectivity index is 1.35. The van der Waals surface area contributed by atoms with Crippen LogP contribution >= 0.6 is 0 Å². The van der Waals surface area contributed by atoms with Gasteiger partial charge in [0.25, 0.3) is 0 Å². The van der Waals surface area contributed by atoms with Gasteiger partial charge in [-0.1, -0.05) is 42.5 Å². The molecule has 4 nitrogen and oxygen atoms in total. The molecule has 2 aliphatic heterocycles. The summed E-state index contributed by atoms with van der Waals surface area (Å²) in [5.74, 6) is 0.197. The number of fused-ring (bicyclic) bond motifs is 1. The van der Waals surface area contributed by atoms with E-state index in [1.807, 2.05) is 0 Å². The first kappa shape index (κ1) is 17.5. The number of carbonyl (C=O) groups excluding carboxylic acids is 1. The van der Waals surface area contributed by atoms with Gasteiger partial charge in [0.15, 0.2) is 0 Å². The third-order valence-corrected chi connectivity index (χ3v) is 6.28. The van der Waals surface area contributed by atoms with E-state index >= 15 is 0 Å². The Morgan fingerprint density at radius 1 is 1.19 bits per heavy atom. The molecule has 0 aromatic heterocycles. The van der Waals surface area contributed by atoms with E-state index in [2.05, 4.69) is 65.0 Å². The van der Waals surface area contributed by atoms with Crippen molar-refractivity contribution in [1.29, 1.82) is 0 Å². The van der Waals surface area contributed by atoms with Crippen molar-refractivity contribution in [1.82, 2.24) is 15.5 Å². The zero-order chi connectivity index (χ0) is 18.0. The second-order valence-electron chi connectivity index (χ2n) is 8.06. The van der Waals surface area contributed by atoms with Crippen LogP contribution in [0.5, 0.6) is 0 Å². The molecule has 0 bridgehead atoms. The van der Waals surface area contributed by atoms with Crippen molar-refractivity contribution in [2.75, 3.05) is 33.2 Å². The van der Waals surface area contributed by atoms with E-state index in [1.165, 1.54) is 29.2 Å². The van der Waals surface area contributed by atoms with Gasteiger partial charge in [-0.05, 0) is 67.6 Å². The molecule has 2 aromatic rings. The summed E-state index contributed by atoms with van der Waals surface area (Å²) in [5.41, 5.74) is 1.65. The van der Waals surface area contributed by atoms with Gasteiger partial charge in [0.1, 0.15) is 0 Å². The molecular weight excluding hydrogens is 322 g/mol. The molecule has 0 unspecified atom stereocenters. The Kier molecular flexibility index (Phi) is 4.96. The van der Waals surface area contributed by atoms with E-state index in [0.717, 1.165) is 32.5 Å². The first-order valence-electron chi connectivity index (χ1n) is 9.82. The average Bonchev–Trinajstić information content (AvgIpc) is 2.98. The second-order valence-corrected chi connectivity index (χ2v) is 8.06. The SMILES string of the molecule is CN1CC2(CCNCC2)C[C@@H]1C(=O)NCCc1cccc2ccccc12. The van der Waals surface area contributed by atoms with Gasteiger partial charge in [0.05, 0.1) is 6.04 Å². The zero-order valence-corrected chi connectivity index (χ0v) is 15.6. The Hall–Kier alpha value is -1.91. The van der Waals surface area contributed by atoms with Gasteiger partial charge in [-0.15, -0.1) is 0 Å². The molecule has 1 amide bonds. The summed E-state index contributed by atoms with van der Waals surface area (Å²) in [5, 5.41) is 9.19. The molecule has 0 aliphatic carbocycles. The van der Waals surface area contributed by atoms with Gasteiger partial charge in [0.2, 0.25) is 5.91 Å². The fourth-order valence-electron chi connectivity index (χ4n) is 4.83. The molecule has 0 radical (unpaired) electrons. The highest BCUT2D eigenvalue weighted by Gasteiger charge is 2.45. The fraction of sp³-hybridized carbons (Fsp3) is 0.500. The monoisotopic (exact) mass is 351 g/mol. The third kappa shape index (κ3) is 3.49. The molecule has 138 valence electrons. The number of hydrogen-bond donors (Lipinski definition) is 2. The minimum absolute atomic E-state index is 0.0283. The Bertz CT molecular complexity index is 777. The fourth-order valence-corrected chi connectivity index (χ4v) is 4.83. The normalized spacial score (nSPS) is 22.7. The van der Waals surface area contributed by atoms with Crippen molar-refractivity contribution in [3.63, 3.8) is 0 Å². The number of piperidine rings is 1. The maximum Gasteiger partial charge on any atom is 0.237 e. The number of nitrogens with one attached hydrogen (secondary N) is 2. The quantitative estimate of drug-likeness (QED) is 0.890. The van der Waals surface area contributed by atoms with Crippen LogP contribution < -0.4 is 10.6 Å². The molecule has 26 heavy (non-hydrogen) atoms. The molecule has 4 rings (SSSR count). The summed E-state index contributed by atoms with van der Waals surface area (Å²) >= 11 is 0. The second kappa shape index (κ2) is 7.37. The number of likely N-dealkylation sites (N-methyl/N-ethyl adjacent to an activating group) is 1. The van der Waals surface area contributed by atoms with Gasteiger partial charge >= 0.3 is 0 Å². The molecule has 1 spiro atoms. The number of amides is 1. The Labute approximate surface area is 156 Å². The van der Waals surface area contributed by atoms with Crippen LogP contribution in [-0.2, 0) is 11.2 Å². The first-order valence-corrected chi connectivity index (χ1v) is 9.82. The van der Waals surface area contributed by atoms with Gasteiger partial charge < -0.3 is 10.6 Å². The molecule has 2 aliphatic rings. The first-order chi connectivity index (χ1) is 12.7. The smallest absolute Gasteiger partial charge is 0.237 e. The van der Waals surface area contributed by atoms with Crippen LogP contribution in [0.2, 0.25) is 0 Å². The lowest BCUT2D eigenvalue weighted by Crippen LogP contribution is -2.42. The molecular formula is C22H29N3O. The van der Waals surface area contributed by atoms with E-state index in [-0.39, 0.29) is 11.9 Å². The topological polar surface area (TPSA) is 44.4 Å². The lowest BCUT2D eigenvalue weighted by Gasteiger charge is -2.33. The van der Waals surface area contributed by atoms with E-state index in [0.29, 0.717) is 12.0 Å². The predicted octanol–water partition coefficient (Wildman–Crippen LogP) is 2.57. The van der Waals surface area contributed by atoms with E-state index in [9.17, 15) is 4.79 Å². The minimum Gasteiger partial charge on any atom is -0.354 e. The highest BCUT2D eigenvalue weighted by Crippen LogP contribution is 2.41. The van der Waals surface area contributed by atoms with Gasteiger partial charge in [-0.25, -0.2) is 0 Å².